The Bertz CT molecular complexity index is 734. The van der Waals surface area contributed by atoms with Crippen LogP contribution in [0.25, 0.3) is 0 Å². The largest absolute Gasteiger partial charge is 0.478 e. The maximum absolute atomic E-state index is 13.1. The van der Waals surface area contributed by atoms with Crippen molar-refractivity contribution < 1.29 is 19.1 Å². The number of nitrogens with two attached hydrogens (primary N) is 1. The minimum absolute atomic E-state index is 0.00299. The summed E-state index contributed by atoms with van der Waals surface area (Å²) in [6.45, 7) is 0. The lowest BCUT2D eigenvalue weighted by atomic mass is 10.1. The van der Waals surface area contributed by atoms with Crippen LogP contribution in [-0.4, -0.2) is 17.0 Å². The molecule has 0 heterocycles. The molecule has 2 rings (SSSR count). The Morgan fingerprint density at radius 2 is 1.86 bits per heavy atom. The molecule has 0 aromatic heterocycles. The van der Waals surface area contributed by atoms with Gasteiger partial charge in [-0.2, -0.15) is 0 Å². The molecule has 4 N–H and O–H groups in total. The number of amides is 1. The van der Waals surface area contributed by atoms with Gasteiger partial charge in [0.25, 0.3) is 5.91 Å². The van der Waals surface area contributed by atoms with E-state index in [1.54, 1.807) is 12.1 Å². The van der Waals surface area contributed by atoms with Crippen LogP contribution in [0.15, 0.2) is 40.9 Å². The van der Waals surface area contributed by atoms with E-state index in [0.29, 0.717) is 10.2 Å². The number of nitrogen functional groups attached to an aromatic ring is 1. The van der Waals surface area contributed by atoms with Crippen molar-refractivity contribution in [3.63, 3.8) is 0 Å². The summed E-state index contributed by atoms with van der Waals surface area (Å²) in [6, 6.07) is 7.76. The number of hydrogen-bond acceptors (Lipinski definition) is 3. The third kappa shape index (κ3) is 3.38. The van der Waals surface area contributed by atoms with Gasteiger partial charge in [-0.15, -0.1) is 0 Å². The van der Waals surface area contributed by atoms with E-state index >= 15 is 0 Å². The van der Waals surface area contributed by atoms with Crippen LogP contribution in [0, 0.1) is 5.82 Å². The number of anilines is 2. The lowest BCUT2D eigenvalue weighted by molar-refractivity contribution is 0.0697. The van der Waals surface area contributed by atoms with E-state index in [-0.39, 0.29) is 16.8 Å². The van der Waals surface area contributed by atoms with Crippen LogP contribution in [-0.2, 0) is 0 Å². The van der Waals surface area contributed by atoms with Gasteiger partial charge in [-0.1, -0.05) is 0 Å². The lowest BCUT2D eigenvalue weighted by Gasteiger charge is -2.10. The first-order chi connectivity index (χ1) is 9.88. The molecule has 2 aromatic carbocycles. The Hall–Kier alpha value is -2.41. The van der Waals surface area contributed by atoms with Gasteiger partial charge in [0.2, 0.25) is 0 Å². The average molecular weight is 353 g/mol. The average Bonchev–Trinajstić information content (AvgIpc) is 2.43. The molecule has 0 aliphatic heterocycles. The number of carboxylic acids is 1. The van der Waals surface area contributed by atoms with Gasteiger partial charge in [0.15, 0.2) is 0 Å². The molecule has 0 saturated carbocycles. The summed E-state index contributed by atoms with van der Waals surface area (Å²) in [5.74, 6) is -2.59. The molecule has 0 unspecified atom stereocenters. The number of carboxylic acid groups (broad SMARTS) is 1. The van der Waals surface area contributed by atoms with E-state index in [4.69, 9.17) is 10.8 Å². The molecule has 0 saturated heterocycles. The minimum atomic E-state index is -1.34. The van der Waals surface area contributed by atoms with Gasteiger partial charge >= 0.3 is 5.97 Å². The Balaban J connectivity index is 2.36. The molecule has 5 nitrogen and oxygen atoms in total. The SMILES string of the molecule is Nc1ccc(Br)c(C(=O)Nc2ccc(F)cc2C(=O)O)c1. The fraction of sp³-hybridized carbons (Fsp3) is 0. The summed E-state index contributed by atoms with van der Waals surface area (Å²) in [6.07, 6.45) is 0. The number of nitrogens with one attached hydrogen (secondary N) is 1. The van der Waals surface area contributed by atoms with Crippen LogP contribution in [0.4, 0.5) is 15.8 Å². The summed E-state index contributed by atoms with van der Waals surface area (Å²) in [7, 11) is 0. The van der Waals surface area contributed by atoms with Gasteiger partial charge in [-0.3, -0.25) is 4.79 Å². The summed E-state index contributed by atoms with van der Waals surface area (Å²) in [5.41, 5.74) is 5.92. The monoisotopic (exact) mass is 352 g/mol. The first kappa shape index (κ1) is 15.0. The highest BCUT2D eigenvalue weighted by molar-refractivity contribution is 9.10. The summed E-state index contributed by atoms with van der Waals surface area (Å²) < 4.78 is 13.6. The molecule has 0 aliphatic carbocycles. The fourth-order valence-electron chi connectivity index (χ4n) is 1.71. The zero-order chi connectivity index (χ0) is 15.6. The quantitative estimate of drug-likeness (QED) is 0.740. The van der Waals surface area contributed by atoms with Crippen molar-refractivity contribution in [3.8, 4) is 0 Å². The number of benzene rings is 2. The van der Waals surface area contributed by atoms with Gasteiger partial charge in [-0.25, -0.2) is 9.18 Å². The molecule has 0 bridgehead atoms. The van der Waals surface area contributed by atoms with Crippen molar-refractivity contribution in [2.75, 3.05) is 11.1 Å². The Morgan fingerprint density at radius 3 is 2.52 bits per heavy atom. The highest BCUT2D eigenvalue weighted by Gasteiger charge is 2.16. The van der Waals surface area contributed by atoms with Crippen molar-refractivity contribution in [2.45, 2.75) is 0 Å². The molecule has 0 radical (unpaired) electrons. The maximum Gasteiger partial charge on any atom is 0.337 e. The molecule has 7 heteroatoms. The number of carbonyl (C=O) groups excluding carboxylic acids is 1. The van der Waals surface area contributed by atoms with E-state index in [1.165, 1.54) is 12.1 Å². The van der Waals surface area contributed by atoms with Crippen molar-refractivity contribution in [1.29, 1.82) is 0 Å². The second-order valence-corrected chi connectivity index (χ2v) is 5.04. The first-order valence-corrected chi connectivity index (χ1v) is 6.57. The van der Waals surface area contributed by atoms with Gasteiger partial charge in [0.1, 0.15) is 5.82 Å². The standard InChI is InChI=1S/C14H10BrFN2O3/c15-11-3-2-8(17)6-9(11)13(19)18-12-4-1-7(16)5-10(12)14(20)21/h1-6H,17H2,(H,18,19)(H,20,21). The Morgan fingerprint density at radius 1 is 1.14 bits per heavy atom. The first-order valence-electron chi connectivity index (χ1n) is 5.77. The van der Waals surface area contributed by atoms with Crippen LogP contribution < -0.4 is 11.1 Å². The number of carbonyl (C=O) groups is 2. The second kappa shape index (κ2) is 5.92. The summed E-state index contributed by atoms with van der Waals surface area (Å²) >= 11 is 3.21. The van der Waals surface area contributed by atoms with Crippen LogP contribution in [0.3, 0.4) is 0 Å². The van der Waals surface area contributed by atoms with Crippen molar-refractivity contribution in [1.82, 2.24) is 0 Å². The number of hydrogen-bond donors (Lipinski definition) is 3. The van der Waals surface area contributed by atoms with Crippen molar-refractivity contribution >= 4 is 39.2 Å². The zero-order valence-electron chi connectivity index (χ0n) is 10.6. The number of rotatable bonds is 3. The molecule has 21 heavy (non-hydrogen) atoms. The molecular weight excluding hydrogens is 343 g/mol. The number of halogens is 2. The molecule has 0 atom stereocenters. The van der Waals surface area contributed by atoms with Crippen molar-refractivity contribution in [2.24, 2.45) is 0 Å². The lowest BCUT2D eigenvalue weighted by Crippen LogP contribution is -2.15. The smallest absolute Gasteiger partial charge is 0.337 e. The Labute approximate surface area is 127 Å². The molecular formula is C14H10BrFN2O3. The summed E-state index contributed by atoms with van der Waals surface area (Å²) in [5, 5.41) is 11.5. The van der Waals surface area contributed by atoms with Crippen LogP contribution in [0.5, 0.6) is 0 Å². The minimum Gasteiger partial charge on any atom is -0.478 e. The Kier molecular flexibility index (Phi) is 4.23. The van der Waals surface area contributed by atoms with E-state index < -0.39 is 17.7 Å². The predicted octanol–water partition coefficient (Wildman–Crippen LogP) is 3.12. The summed E-state index contributed by atoms with van der Waals surface area (Å²) in [4.78, 5) is 23.2. The van der Waals surface area contributed by atoms with E-state index in [0.717, 1.165) is 12.1 Å². The maximum atomic E-state index is 13.1. The van der Waals surface area contributed by atoms with Crippen molar-refractivity contribution in [3.05, 3.63) is 57.8 Å². The highest BCUT2D eigenvalue weighted by Crippen LogP contribution is 2.23. The molecule has 108 valence electrons. The number of aromatic carboxylic acids is 1. The third-order valence-electron chi connectivity index (χ3n) is 2.70. The van der Waals surface area contributed by atoms with Gasteiger partial charge in [0.05, 0.1) is 16.8 Å². The van der Waals surface area contributed by atoms with Gasteiger partial charge < -0.3 is 16.2 Å². The van der Waals surface area contributed by atoms with Crippen LogP contribution in [0.1, 0.15) is 20.7 Å². The molecule has 1 amide bonds. The van der Waals surface area contributed by atoms with Gasteiger partial charge in [-0.05, 0) is 52.3 Å². The van der Waals surface area contributed by atoms with E-state index in [2.05, 4.69) is 21.2 Å². The molecule has 0 spiro atoms. The predicted molar refractivity (Wildman–Crippen MR) is 79.9 cm³/mol. The highest BCUT2D eigenvalue weighted by atomic mass is 79.9. The van der Waals surface area contributed by atoms with E-state index in [1.807, 2.05) is 0 Å². The van der Waals surface area contributed by atoms with Gasteiger partial charge in [0, 0.05) is 10.2 Å². The normalized spacial score (nSPS) is 10.2. The molecule has 0 aliphatic rings. The zero-order valence-corrected chi connectivity index (χ0v) is 12.1. The topological polar surface area (TPSA) is 92.4 Å². The van der Waals surface area contributed by atoms with Crippen LogP contribution >= 0.6 is 15.9 Å². The molecule has 2 aromatic rings. The fourth-order valence-corrected chi connectivity index (χ4v) is 2.14. The molecule has 0 fully saturated rings. The van der Waals surface area contributed by atoms with E-state index in [9.17, 15) is 14.0 Å². The third-order valence-corrected chi connectivity index (χ3v) is 3.39. The second-order valence-electron chi connectivity index (χ2n) is 4.19. The van der Waals surface area contributed by atoms with Crippen LogP contribution in [0.2, 0.25) is 0 Å².